The molecular weight excluding hydrogens is 462 g/mol. The van der Waals surface area contributed by atoms with Gasteiger partial charge < -0.3 is 10.5 Å². The fourth-order valence-electron chi connectivity index (χ4n) is 4.79. The Morgan fingerprint density at radius 2 is 2.03 bits per heavy atom. The van der Waals surface area contributed by atoms with Crippen molar-refractivity contribution >= 4 is 28.8 Å². The maximum absolute atomic E-state index is 13.3. The number of benzene rings is 1. The first kappa shape index (κ1) is 25.6. The SMILES string of the molecule is CC(C)(C)C(=O)NCCCN1CCC[C@@H]1CN1C=C(Cc2ccc(Cl)cc2)c2ccncc2[NH+]1[O-]. The van der Waals surface area contributed by atoms with Gasteiger partial charge in [-0.3, -0.25) is 14.7 Å². The van der Waals surface area contributed by atoms with Crippen molar-refractivity contribution in [3.63, 3.8) is 0 Å². The third-order valence-corrected chi connectivity index (χ3v) is 7.03. The van der Waals surface area contributed by atoms with Gasteiger partial charge in [-0.2, -0.15) is 0 Å². The van der Waals surface area contributed by atoms with E-state index in [0.29, 0.717) is 29.8 Å². The van der Waals surface area contributed by atoms with Gasteiger partial charge in [-0.15, -0.1) is 0 Å². The normalized spacial score (nSPS) is 20.5. The van der Waals surface area contributed by atoms with E-state index in [1.165, 1.54) is 0 Å². The van der Waals surface area contributed by atoms with Gasteiger partial charge in [-0.1, -0.05) is 44.5 Å². The molecule has 1 aromatic heterocycles. The molecule has 7 nitrogen and oxygen atoms in total. The number of rotatable bonds is 8. The summed E-state index contributed by atoms with van der Waals surface area (Å²) in [6.07, 6.45) is 9.27. The van der Waals surface area contributed by atoms with E-state index in [9.17, 15) is 10.0 Å². The van der Waals surface area contributed by atoms with Crippen molar-refractivity contribution in [2.75, 3.05) is 26.2 Å². The van der Waals surface area contributed by atoms with Gasteiger partial charge in [0.25, 0.3) is 0 Å². The molecule has 1 amide bonds. The summed E-state index contributed by atoms with van der Waals surface area (Å²) >= 11 is 6.07. The molecule has 1 unspecified atom stereocenters. The average Bonchev–Trinajstić information content (AvgIpc) is 3.27. The Hall–Kier alpha value is -2.45. The van der Waals surface area contributed by atoms with Crippen LogP contribution in [0.1, 0.15) is 51.2 Å². The Kier molecular flexibility index (Phi) is 8.12. The molecule has 188 valence electrons. The minimum absolute atomic E-state index is 0.0113. The van der Waals surface area contributed by atoms with Crippen LogP contribution in [0, 0.1) is 10.6 Å². The average molecular weight is 498 g/mol. The highest BCUT2D eigenvalue weighted by Crippen LogP contribution is 2.29. The predicted molar refractivity (Wildman–Crippen MR) is 140 cm³/mol. The van der Waals surface area contributed by atoms with E-state index < -0.39 is 0 Å². The van der Waals surface area contributed by atoms with Crippen LogP contribution in [-0.2, 0) is 11.2 Å². The summed E-state index contributed by atoms with van der Waals surface area (Å²) in [5.74, 6) is 0.0833. The van der Waals surface area contributed by atoms with Crippen LogP contribution in [0.25, 0.3) is 5.57 Å². The Morgan fingerprint density at radius 1 is 1.26 bits per heavy atom. The molecule has 35 heavy (non-hydrogen) atoms. The Labute approximate surface area is 213 Å². The maximum Gasteiger partial charge on any atom is 0.225 e. The molecule has 0 spiro atoms. The molecule has 0 saturated carbocycles. The first-order valence-corrected chi connectivity index (χ1v) is 12.8. The van der Waals surface area contributed by atoms with Crippen LogP contribution in [0.15, 0.2) is 48.9 Å². The van der Waals surface area contributed by atoms with E-state index in [2.05, 4.69) is 15.2 Å². The number of nitrogens with zero attached hydrogens (tertiary/aromatic N) is 3. The molecule has 2 aromatic rings. The van der Waals surface area contributed by atoms with Crippen LogP contribution in [0.4, 0.5) is 5.69 Å². The van der Waals surface area contributed by atoms with Gasteiger partial charge in [0.1, 0.15) is 0 Å². The van der Waals surface area contributed by atoms with Crippen molar-refractivity contribution in [1.29, 1.82) is 0 Å². The van der Waals surface area contributed by atoms with Crippen molar-refractivity contribution in [2.24, 2.45) is 5.41 Å². The van der Waals surface area contributed by atoms with Crippen molar-refractivity contribution in [3.05, 3.63) is 70.3 Å². The molecule has 1 fully saturated rings. The molecule has 2 aliphatic rings. The van der Waals surface area contributed by atoms with Gasteiger partial charge in [0.15, 0.2) is 5.69 Å². The number of allylic oxidation sites excluding steroid dienone is 1. The van der Waals surface area contributed by atoms with E-state index in [1.807, 2.05) is 62.3 Å². The molecule has 0 radical (unpaired) electrons. The standard InChI is InChI=1S/C27H36ClN5O2/c1-27(2,3)26(34)30-12-5-15-31-14-4-6-23(31)19-32-18-21(16-20-7-9-22(28)10-8-20)24-11-13-29-17-25(24)33(32)35/h7-11,13,17-18,23,33H,4-6,12,14-16,19H2,1-3H3,(H,30,34)/t23-/m1/s1. The molecular formula is C27H36ClN5O2. The lowest BCUT2D eigenvalue weighted by atomic mass is 9.96. The lowest BCUT2D eigenvalue weighted by Crippen LogP contribution is -3.09. The third-order valence-electron chi connectivity index (χ3n) is 6.77. The highest BCUT2D eigenvalue weighted by Gasteiger charge is 2.31. The topological polar surface area (TPSA) is 76.0 Å². The molecule has 3 heterocycles. The van der Waals surface area contributed by atoms with Gasteiger partial charge in [-0.25, -0.2) is 10.2 Å². The summed E-state index contributed by atoms with van der Waals surface area (Å²) in [5.41, 5.74) is 3.50. The molecule has 2 aliphatic heterocycles. The molecule has 2 atom stereocenters. The Bertz CT molecular complexity index is 1050. The first-order valence-electron chi connectivity index (χ1n) is 12.5. The highest BCUT2D eigenvalue weighted by atomic mass is 35.5. The number of fused-ring (bicyclic) bond motifs is 1. The van der Waals surface area contributed by atoms with Gasteiger partial charge in [0, 0.05) is 41.3 Å². The number of carbonyl (C=O) groups excluding carboxylic acids is 1. The number of hydrogen-bond donors (Lipinski definition) is 2. The molecule has 1 saturated heterocycles. The Morgan fingerprint density at radius 3 is 2.77 bits per heavy atom. The van der Waals surface area contributed by atoms with Crippen molar-refractivity contribution in [1.82, 2.24) is 20.2 Å². The molecule has 2 N–H and O–H groups in total. The number of halogens is 1. The number of quaternary nitrogens is 1. The first-order chi connectivity index (χ1) is 16.7. The molecule has 0 aliphatic carbocycles. The molecule has 4 rings (SSSR count). The van der Waals surface area contributed by atoms with Crippen LogP contribution in [0.5, 0.6) is 0 Å². The Balaban J connectivity index is 1.42. The van der Waals surface area contributed by atoms with Crippen molar-refractivity contribution < 1.29 is 9.97 Å². The fraction of sp³-hybridized carbons (Fsp3) is 0.481. The van der Waals surface area contributed by atoms with Gasteiger partial charge in [-0.05, 0) is 61.6 Å². The van der Waals surface area contributed by atoms with E-state index in [-0.39, 0.29) is 16.5 Å². The van der Waals surface area contributed by atoms with E-state index >= 15 is 0 Å². The number of amides is 1. The summed E-state index contributed by atoms with van der Waals surface area (Å²) in [7, 11) is 0. The number of nitrogens with one attached hydrogen (secondary N) is 2. The zero-order chi connectivity index (χ0) is 25.0. The smallest absolute Gasteiger partial charge is 0.225 e. The number of hydrogen-bond acceptors (Lipinski definition) is 5. The maximum atomic E-state index is 13.3. The summed E-state index contributed by atoms with van der Waals surface area (Å²) in [5, 5.41) is 19.0. The molecule has 0 bridgehead atoms. The molecule has 8 heteroatoms. The zero-order valence-electron chi connectivity index (χ0n) is 20.9. The van der Waals surface area contributed by atoms with Crippen LogP contribution in [0.2, 0.25) is 5.02 Å². The molecule has 1 aromatic carbocycles. The minimum atomic E-state index is -0.369. The lowest BCUT2D eigenvalue weighted by Gasteiger charge is -2.40. The van der Waals surface area contributed by atoms with Crippen LogP contribution in [0.3, 0.4) is 0 Å². The van der Waals surface area contributed by atoms with Crippen molar-refractivity contribution in [2.45, 2.75) is 52.5 Å². The zero-order valence-corrected chi connectivity index (χ0v) is 21.6. The number of aromatic nitrogens is 1. The third kappa shape index (κ3) is 6.41. The fourth-order valence-corrected chi connectivity index (χ4v) is 4.91. The number of pyridine rings is 1. The van der Waals surface area contributed by atoms with Crippen LogP contribution in [-0.4, -0.2) is 53.0 Å². The quantitative estimate of drug-likeness (QED) is 0.430. The van der Waals surface area contributed by atoms with Gasteiger partial charge in [0.05, 0.1) is 18.9 Å². The lowest BCUT2D eigenvalue weighted by molar-refractivity contribution is -0.903. The predicted octanol–water partition coefficient (Wildman–Crippen LogP) is 3.58. The second-order valence-electron chi connectivity index (χ2n) is 10.5. The summed E-state index contributed by atoms with van der Waals surface area (Å²) in [6, 6.07) is 10.1. The monoisotopic (exact) mass is 497 g/mol. The summed E-state index contributed by atoms with van der Waals surface area (Å²) in [4.78, 5) is 18.8. The summed E-state index contributed by atoms with van der Waals surface area (Å²) < 4.78 is 0. The van der Waals surface area contributed by atoms with E-state index in [0.717, 1.165) is 55.5 Å². The number of likely N-dealkylation sites (tertiary alicyclic amines) is 1. The number of carbonyl (C=O) groups is 1. The largest absolute Gasteiger partial charge is 0.603 e. The van der Waals surface area contributed by atoms with Crippen molar-refractivity contribution in [3.8, 4) is 0 Å². The van der Waals surface area contributed by atoms with E-state index in [1.54, 1.807) is 12.4 Å². The van der Waals surface area contributed by atoms with Gasteiger partial charge >= 0.3 is 0 Å². The van der Waals surface area contributed by atoms with E-state index in [4.69, 9.17) is 11.6 Å². The second-order valence-corrected chi connectivity index (χ2v) is 11.0. The van der Waals surface area contributed by atoms with Crippen LogP contribution < -0.4 is 10.5 Å². The summed E-state index contributed by atoms with van der Waals surface area (Å²) in [6.45, 7) is 9.05. The van der Waals surface area contributed by atoms with Gasteiger partial charge in [0.2, 0.25) is 5.91 Å². The minimum Gasteiger partial charge on any atom is -0.603 e. The van der Waals surface area contributed by atoms with Crippen LogP contribution >= 0.6 is 11.6 Å². The second kappa shape index (κ2) is 11.1. The highest BCUT2D eigenvalue weighted by molar-refractivity contribution is 6.30.